The molecule has 0 unspecified atom stereocenters. The number of aliphatic imine (C=N–C) groups is 1. The van der Waals surface area contributed by atoms with Crippen molar-refractivity contribution < 1.29 is 4.79 Å². The van der Waals surface area contributed by atoms with Crippen LogP contribution in [0.3, 0.4) is 0 Å². The highest BCUT2D eigenvalue weighted by atomic mass is 127. The van der Waals surface area contributed by atoms with Crippen molar-refractivity contribution in [1.82, 2.24) is 20.4 Å². The van der Waals surface area contributed by atoms with E-state index in [9.17, 15) is 4.79 Å². The van der Waals surface area contributed by atoms with Crippen molar-refractivity contribution in [2.45, 2.75) is 59.0 Å². The lowest BCUT2D eigenvalue weighted by atomic mass is 9.93. The fourth-order valence-electron chi connectivity index (χ4n) is 4.53. The first kappa shape index (κ1) is 26.9. The van der Waals surface area contributed by atoms with Crippen LogP contribution in [0.4, 0.5) is 0 Å². The Balaban J connectivity index is 0.00000363. The molecule has 2 aliphatic heterocycles. The smallest absolute Gasteiger partial charge is 0.220 e. The van der Waals surface area contributed by atoms with E-state index in [1.165, 1.54) is 37.1 Å². The first-order valence-electron chi connectivity index (χ1n) is 12.1. The Morgan fingerprint density at radius 3 is 2.25 bits per heavy atom. The molecule has 0 spiro atoms. The van der Waals surface area contributed by atoms with Crippen molar-refractivity contribution in [2.24, 2.45) is 16.8 Å². The summed E-state index contributed by atoms with van der Waals surface area (Å²) in [4.78, 5) is 21.5. The number of amides is 1. The second-order valence-corrected chi connectivity index (χ2v) is 9.25. The van der Waals surface area contributed by atoms with Gasteiger partial charge in [0.1, 0.15) is 0 Å². The van der Waals surface area contributed by atoms with Gasteiger partial charge in [-0.3, -0.25) is 9.69 Å². The summed E-state index contributed by atoms with van der Waals surface area (Å²) in [6.45, 7) is 11.5. The highest BCUT2D eigenvalue weighted by Crippen LogP contribution is 2.21. The molecule has 0 atom stereocenters. The van der Waals surface area contributed by atoms with E-state index in [0.717, 1.165) is 50.9 Å². The van der Waals surface area contributed by atoms with Crippen LogP contribution in [0.5, 0.6) is 0 Å². The van der Waals surface area contributed by atoms with Gasteiger partial charge in [0.15, 0.2) is 5.96 Å². The molecule has 2 heterocycles. The standard InChI is InChI=1S/C25H41N5O.HI/c1-4-27-25(30-15-11-21(12-16-30)17-24(31)26-3)28-18-22-5-7-23(8-6-22)19-29-13-9-20(2)10-14-29;/h5-8,20-21H,4,9-19H2,1-3H3,(H,26,31)(H,27,28);1H. The van der Waals surface area contributed by atoms with E-state index in [4.69, 9.17) is 4.99 Å². The second kappa shape index (κ2) is 14.0. The van der Waals surface area contributed by atoms with Crippen LogP contribution in [0.15, 0.2) is 29.3 Å². The monoisotopic (exact) mass is 555 g/mol. The Labute approximate surface area is 211 Å². The van der Waals surface area contributed by atoms with Gasteiger partial charge in [0.2, 0.25) is 5.91 Å². The summed E-state index contributed by atoms with van der Waals surface area (Å²) >= 11 is 0. The van der Waals surface area contributed by atoms with Gasteiger partial charge in [-0.05, 0) is 68.7 Å². The first-order chi connectivity index (χ1) is 15.1. The normalized spacial score (nSPS) is 18.8. The van der Waals surface area contributed by atoms with Gasteiger partial charge in [-0.1, -0.05) is 31.2 Å². The van der Waals surface area contributed by atoms with Crippen molar-refractivity contribution in [3.05, 3.63) is 35.4 Å². The van der Waals surface area contributed by atoms with Crippen LogP contribution in [-0.2, 0) is 17.9 Å². The molecule has 2 fully saturated rings. The van der Waals surface area contributed by atoms with E-state index < -0.39 is 0 Å². The van der Waals surface area contributed by atoms with Gasteiger partial charge in [-0.2, -0.15) is 0 Å². The maximum atomic E-state index is 11.6. The fourth-order valence-corrected chi connectivity index (χ4v) is 4.53. The average Bonchev–Trinajstić information content (AvgIpc) is 2.79. The van der Waals surface area contributed by atoms with Gasteiger partial charge in [-0.25, -0.2) is 4.99 Å². The molecule has 1 aromatic rings. The molecule has 2 saturated heterocycles. The van der Waals surface area contributed by atoms with Crippen molar-refractivity contribution in [1.29, 1.82) is 0 Å². The van der Waals surface area contributed by atoms with E-state index in [-0.39, 0.29) is 29.9 Å². The maximum Gasteiger partial charge on any atom is 0.220 e. The summed E-state index contributed by atoms with van der Waals surface area (Å²) in [6, 6.07) is 8.98. The lowest BCUT2D eigenvalue weighted by Gasteiger charge is -2.34. The molecule has 2 aliphatic rings. The Hall–Kier alpha value is -1.35. The minimum absolute atomic E-state index is 0. The topological polar surface area (TPSA) is 60.0 Å². The molecule has 3 rings (SSSR count). The first-order valence-corrected chi connectivity index (χ1v) is 12.1. The summed E-state index contributed by atoms with van der Waals surface area (Å²) in [6.07, 6.45) is 5.37. The number of piperidine rings is 2. The third kappa shape index (κ3) is 8.54. The number of hydrogen-bond donors (Lipinski definition) is 2. The van der Waals surface area contributed by atoms with Crippen molar-refractivity contribution in [3.63, 3.8) is 0 Å². The number of carbonyl (C=O) groups is 1. The summed E-state index contributed by atoms with van der Waals surface area (Å²) in [7, 11) is 1.72. The van der Waals surface area contributed by atoms with E-state index in [2.05, 4.69) is 58.5 Å². The molecule has 7 heteroatoms. The molecule has 2 N–H and O–H groups in total. The zero-order valence-electron chi connectivity index (χ0n) is 20.1. The zero-order valence-corrected chi connectivity index (χ0v) is 22.4. The molecule has 0 saturated carbocycles. The van der Waals surface area contributed by atoms with Crippen molar-refractivity contribution >= 4 is 35.8 Å². The zero-order chi connectivity index (χ0) is 22.1. The molecule has 32 heavy (non-hydrogen) atoms. The Bertz CT molecular complexity index is 708. The number of carbonyl (C=O) groups excluding carboxylic acids is 1. The molecule has 0 bridgehead atoms. The third-order valence-corrected chi connectivity index (χ3v) is 6.72. The lowest BCUT2D eigenvalue weighted by molar-refractivity contribution is -0.121. The molecular weight excluding hydrogens is 513 g/mol. The fraction of sp³-hybridized carbons (Fsp3) is 0.680. The SMILES string of the molecule is CCNC(=NCc1ccc(CN2CCC(C)CC2)cc1)N1CCC(CC(=O)NC)CC1.I. The van der Waals surface area contributed by atoms with Crippen LogP contribution >= 0.6 is 24.0 Å². The van der Waals surface area contributed by atoms with Crippen LogP contribution in [0.25, 0.3) is 0 Å². The molecule has 0 radical (unpaired) electrons. The second-order valence-electron chi connectivity index (χ2n) is 9.25. The van der Waals surface area contributed by atoms with E-state index in [1.807, 2.05) is 0 Å². The summed E-state index contributed by atoms with van der Waals surface area (Å²) in [5, 5.41) is 6.19. The quantitative estimate of drug-likeness (QED) is 0.305. The number of guanidine groups is 1. The van der Waals surface area contributed by atoms with Gasteiger partial charge in [0.05, 0.1) is 6.54 Å². The Morgan fingerprint density at radius 2 is 1.66 bits per heavy atom. The van der Waals surface area contributed by atoms with Crippen LogP contribution in [-0.4, -0.2) is 61.4 Å². The van der Waals surface area contributed by atoms with Crippen LogP contribution in [0, 0.1) is 11.8 Å². The number of halogens is 1. The molecule has 1 amide bonds. The van der Waals surface area contributed by atoms with Gasteiger partial charge < -0.3 is 15.5 Å². The Morgan fingerprint density at radius 1 is 1.03 bits per heavy atom. The van der Waals surface area contributed by atoms with E-state index in [0.29, 0.717) is 18.9 Å². The minimum atomic E-state index is 0. The van der Waals surface area contributed by atoms with Gasteiger partial charge in [0.25, 0.3) is 0 Å². The number of rotatable bonds is 7. The number of likely N-dealkylation sites (tertiary alicyclic amines) is 2. The van der Waals surface area contributed by atoms with Gasteiger partial charge in [-0.15, -0.1) is 24.0 Å². The van der Waals surface area contributed by atoms with Crippen LogP contribution in [0.1, 0.15) is 57.1 Å². The van der Waals surface area contributed by atoms with E-state index >= 15 is 0 Å². The van der Waals surface area contributed by atoms with Crippen molar-refractivity contribution in [2.75, 3.05) is 39.8 Å². The molecule has 0 aliphatic carbocycles. The minimum Gasteiger partial charge on any atom is -0.359 e. The highest BCUT2D eigenvalue weighted by molar-refractivity contribution is 14.0. The number of hydrogen-bond acceptors (Lipinski definition) is 3. The highest BCUT2D eigenvalue weighted by Gasteiger charge is 2.23. The number of nitrogens with one attached hydrogen (secondary N) is 2. The van der Waals surface area contributed by atoms with Crippen LogP contribution < -0.4 is 10.6 Å². The largest absolute Gasteiger partial charge is 0.359 e. The molecule has 180 valence electrons. The maximum absolute atomic E-state index is 11.6. The predicted molar refractivity (Wildman–Crippen MR) is 143 cm³/mol. The summed E-state index contributed by atoms with van der Waals surface area (Å²) in [5.74, 6) is 2.50. The van der Waals surface area contributed by atoms with Gasteiger partial charge in [0, 0.05) is 39.6 Å². The van der Waals surface area contributed by atoms with Gasteiger partial charge >= 0.3 is 0 Å². The lowest BCUT2D eigenvalue weighted by Crippen LogP contribution is -2.46. The Kier molecular flexibility index (Phi) is 11.8. The number of benzene rings is 1. The van der Waals surface area contributed by atoms with Crippen LogP contribution in [0.2, 0.25) is 0 Å². The number of nitrogens with zero attached hydrogens (tertiary/aromatic N) is 3. The predicted octanol–water partition coefficient (Wildman–Crippen LogP) is 3.85. The molecule has 6 nitrogen and oxygen atoms in total. The summed E-state index contributed by atoms with van der Waals surface area (Å²) in [5.41, 5.74) is 2.65. The van der Waals surface area contributed by atoms with Crippen molar-refractivity contribution in [3.8, 4) is 0 Å². The molecular formula is C25H42IN5O. The summed E-state index contributed by atoms with van der Waals surface area (Å²) < 4.78 is 0. The molecule has 1 aromatic carbocycles. The average molecular weight is 556 g/mol. The molecule has 0 aromatic heterocycles. The third-order valence-electron chi connectivity index (χ3n) is 6.72. The van der Waals surface area contributed by atoms with E-state index in [1.54, 1.807) is 7.05 Å².